The van der Waals surface area contributed by atoms with Crippen molar-refractivity contribution >= 4 is 15.9 Å². The largest absolute Gasteiger partial charge is 0.378 e. The molecule has 2 heteroatoms. The SMILES string of the molecule is CCC(CC)(CBr)COC1CCC(C)C(C)C1. The molecule has 1 aliphatic rings. The minimum absolute atomic E-state index is 0.353. The molecule has 0 bridgehead atoms. The third-order valence-corrected chi connectivity index (χ3v) is 6.15. The molecule has 3 unspecified atom stereocenters. The van der Waals surface area contributed by atoms with Crippen LogP contribution in [0.3, 0.4) is 0 Å². The maximum Gasteiger partial charge on any atom is 0.0578 e. The Hall–Kier alpha value is 0.440. The average molecular weight is 305 g/mol. The number of halogens is 1. The highest BCUT2D eigenvalue weighted by atomic mass is 79.9. The summed E-state index contributed by atoms with van der Waals surface area (Å²) in [6, 6.07) is 0. The summed E-state index contributed by atoms with van der Waals surface area (Å²) in [5.41, 5.74) is 0.353. The van der Waals surface area contributed by atoms with Gasteiger partial charge in [0.15, 0.2) is 0 Å². The molecule has 1 saturated carbocycles. The van der Waals surface area contributed by atoms with Gasteiger partial charge in [-0.3, -0.25) is 0 Å². The molecule has 0 saturated heterocycles. The van der Waals surface area contributed by atoms with Crippen LogP contribution in [0.4, 0.5) is 0 Å². The zero-order valence-electron chi connectivity index (χ0n) is 12.0. The van der Waals surface area contributed by atoms with Crippen molar-refractivity contribution in [1.29, 1.82) is 0 Å². The first-order chi connectivity index (χ1) is 8.06. The van der Waals surface area contributed by atoms with E-state index in [9.17, 15) is 0 Å². The fraction of sp³-hybridized carbons (Fsp3) is 1.00. The van der Waals surface area contributed by atoms with Gasteiger partial charge in [-0.2, -0.15) is 0 Å². The molecule has 0 aromatic carbocycles. The van der Waals surface area contributed by atoms with Crippen LogP contribution < -0.4 is 0 Å². The molecule has 1 aliphatic carbocycles. The van der Waals surface area contributed by atoms with Crippen molar-refractivity contribution < 1.29 is 4.74 Å². The molecule has 17 heavy (non-hydrogen) atoms. The minimum Gasteiger partial charge on any atom is -0.378 e. The lowest BCUT2D eigenvalue weighted by molar-refractivity contribution is -0.0375. The molecular weight excluding hydrogens is 276 g/mol. The van der Waals surface area contributed by atoms with Crippen LogP contribution in [-0.2, 0) is 4.74 Å². The number of hydrogen-bond donors (Lipinski definition) is 0. The van der Waals surface area contributed by atoms with E-state index in [1.807, 2.05) is 0 Å². The van der Waals surface area contributed by atoms with Gasteiger partial charge in [-0.25, -0.2) is 0 Å². The second-order valence-electron chi connectivity index (χ2n) is 6.04. The Morgan fingerprint density at radius 2 is 1.76 bits per heavy atom. The van der Waals surface area contributed by atoms with Gasteiger partial charge in [0, 0.05) is 10.7 Å². The molecule has 1 nitrogen and oxygen atoms in total. The topological polar surface area (TPSA) is 9.23 Å². The smallest absolute Gasteiger partial charge is 0.0578 e. The van der Waals surface area contributed by atoms with Crippen LogP contribution in [0.15, 0.2) is 0 Å². The second-order valence-corrected chi connectivity index (χ2v) is 6.60. The van der Waals surface area contributed by atoms with E-state index in [-0.39, 0.29) is 0 Å². The molecular formula is C15H29BrO. The van der Waals surface area contributed by atoms with E-state index >= 15 is 0 Å². The average Bonchev–Trinajstić information content (AvgIpc) is 2.36. The van der Waals surface area contributed by atoms with Crippen molar-refractivity contribution in [3.63, 3.8) is 0 Å². The number of rotatable bonds is 6. The Labute approximate surface area is 116 Å². The summed E-state index contributed by atoms with van der Waals surface area (Å²) in [5, 5.41) is 1.06. The molecule has 102 valence electrons. The van der Waals surface area contributed by atoms with E-state index in [1.54, 1.807) is 0 Å². The fourth-order valence-electron chi connectivity index (χ4n) is 2.63. The summed E-state index contributed by atoms with van der Waals surface area (Å²) in [5.74, 6) is 1.71. The molecule has 0 heterocycles. The van der Waals surface area contributed by atoms with Crippen molar-refractivity contribution in [1.82, 2.24) is 0 Å². The Kier molecular flexibility index (Phi) is 6.50. The maximum absolute atomic E-state index is 6.21. The first-order valence-corrected chi connectivity index (χ1v) is 8.36. The van der Waals surface area contributed by atoms with E-state index in [1.165, 1.54) is 32.1 Å². The summed E-state index contributed by atoms with van der Waals surface area (Å²) in [7, 11) is 0. The molecule has 0 N–H and O–H groups in total. The highest BCUT2D eigenvalue weighted by Crippen LogP contribution is 2.34. The quantitative estimate of drug-likeness (QED) is 0.625. The first kappa shape index (κ1) is 15.5. The molecule has 3 atom stereocenters. The predicted octanol–water partition coefficient (Wildman–Crippen LogP) is 5.03. The Balaban J connectivity index is 2.39. The second kappa shape index (κ2) is 7.13. The van der Waals surface area contributed by atoms with Crippen LogP contribution in [0, 0.1) is 17.3 Å². The summed E-state index contributed by atoms with van der Waals surface area (Å²) >= 11 is 3.66. The lowest BCUT2D eigenvalue weighted by atomic mass is 9.80. The summed E-state index contributed by atoms with van der Waals surface area (Å²) in [6.07, 6.45) is 6.77. The third kappa shape index (κ3) is 4.24. The maximum atomic E-state index is 6.21. The van der Waals surface area contributed by atoms with Gasteiger partial charge in [-0.1, -0.05) is 43.6 Å². The molecule has 1 fully saturated rings. The normalized spacial score (nSPS) is 30.5. The van der Waals surface area contributed by atoms with Crippen LogP contribution in [0.5, 0.6) is 0 Å². The molecule has 0 spiro atoms. The van der Waals surface area contributed by atoms with E-state index < -0.39 is 0 Å². The van der Waals surface area contributed by atoms with Gasteiger partial charge >= 0.3 is 0 Å². The number of hydrogen-bond acceptors (Lipinski definition) is 1. The van der Waals surface area contributed by atoms with Gasteiger partial charge in [0.1, 0.15) is 0 Å². The minimum atomic E-state index is 0.353. The van der Waals surface area contributed by atoms with Gasteiger partial charge in [0.2, 0.25) is 0 Å². The summed E-state index contributed by atoms with van der Waals surface area (Å²) in [4.78, 5) is 0. The Morgan fingerprint density at radius 1 is 1.12 bits per heavy atom. The van der Waals surface area contributed by atoms with Gasteiger partial charge in [0.05, 0.1) is 12.7 Å². The first-order valence-electron chi connectivity index (χ1n) is 7.24. The van der Waals surface area contributed by atoms with Gasteiger partial charge in [0.25, 0.3) is 0 Å². The summed E-state index contributed by atoms with van der Waals surface area (Å²) < 4.78 is 6.21. The summed E-state index contributed by atoms with van der Waals surface area (Å²) in [6.45, 7) is 10.2. The zero-order valence-corrected chi connectivity index (χ0v) is 13.6. The van der Waals surface area contributed by atoms with Crippen molar-refractivity contribution in [2.45, 2.75) is 65.9 Å². The van der Waals surface area contributed by atoms with Crippen LogP contribution in [0.25, 0.3) is 0 Å². The van der Waals surface area contributed by atoms with E-state index in [2.05, 4.69) is 43.6 Å². The van der Waals surface area contributed by atoms with Gasteiger partial charge in [-0.15, -0.1) is 0 Å². The predicted molar refractivity (Wildman–Crippen MR) is 78.7 cm³/mol. The lowest BCUT2D eigenvalue weighted by Crippen LogP contribution is -2.33. The van der Waals surface area contributed by atoms with Crippen molar-refractivity contribution in [2.24, 2.45) is 17.3 Å². The molecule has 0 radical (unpaired) electrons. The molecule has 0 amide bonds. The number of ether oxygens (including phenoxy) is 1. The molecule has 1 rings (SSSR count). The Morgan fingerprint density at radius 3 is 2.24 bits per heavy atom. The monoisotopic (exact) mass is 304 g/mol. The standard InChI is InChI=1S/C15H29BrO/c1-5-15(6-2,10-16)11-17-14-8-7-12(3)13(4)9-14/h12-14H,5-11H2,1-4H3. The van der Waals surface area contributed by atoms with Crippen molar-refractivity contribution in [3.05, 3.63) is 0 Å². The highest BCUT2D eigenvalue weighted by Gasteiger charge is 2.29. The van der Waals surface area contributed by atoms with Crippen LogP contribution in [0.1, 0.15) is 59.8 Å². The lowest BCUT2D eigenvalue weighted by Gasteiger charge is -2.36. The van der Waals surface area contributed by atoms with Gasteiger partial charge in [-0.05, 0) is 43.9 Å². The highest BCUT2D eigenvalue weighted by molar-refractivity contribution is 9.09. The Bertz CT molecular complexity index is 205. The number of alkyl halides is 1. The van der Waals surface area contributed by atoms with E-state index in [4.69, 9.17) is 4.74 Å². The van der Waals surface area contributed by atoms with Crippen LogP contribution >= 0.6 is 15.9 Å². The van der Waals surface area contributed by atoms with E-state index in [0.29, 0.717) is 11.5 Å². The van der Waals surface area contributed by atoms with Crippen LogP contribution in [-0.4, -0.2) is 18.0 Å². The third-order valence-electron chi connectivity index (χ3n) is 4.96. The van der Waals surface area contributed by atoms with Crippen LogP contribution in [0.2, 0.25) is 0 Å². The van der Waals surface area contributed by atoms with Crippen molar-refractivity contribution in [2.75, 3.05) is 11.9 Å². The molecule has 0 aromatic rings. The van der Waals surface area contributed by atoms with Crippen molar-refractivity contribution in [3.8, 4) is 0 Å². The molecule has 0 aromatic heterocycles. The zero-order chi connectivity index (χ0) is 12.9. The fourth-order valence-corrected chi connectivity index (χ4v) is 3.58. The molecule has 0 aliphatic heterocycles. The van der Waals surface area contributed by atoms with Gasteiger partial charge < -0.3 is 4.74 Å². The van der Waals surface area contributed by atoms with E-state index in [0.717, 1.165) is 23.8 Å².